The number of hydrogen-bond donors (Lipinski definition) is 2. The van der Waals surface area contributed by atoms with E-state index in [-0.39, 0.29) is 11.8 Å². The van der Waals surface area contributed by atoms with E-state index in [9.17, 15) is 9.59 Å². The summed E-state index contributed by atoms with van der Waals surface area (Å²) < 4.78 is 0. The molecule has 0 saturated carbocycles. The molecular formula is C15H21BrN2O2. The number of carbonyl (C=O) groups is 2. The highest BCUT2D eigenvalue weighted by molar-refractivity contribution is 9.09. The van der Waals surface area contributed by atoms with E-state index in [1.165, 1.54) is 0 Å². The molecule has 110 valence electrons. The van der Waals surface area contributed by atoms with Gasteiger partial charge in [0.05, 0.1) is 0 Å². The summed E-state index contributed by atoms with van der Waals surface area (Å²) in [5.74, 6) is -0.0781. The van der Waals surface area contributed by atoms with E-state index in [4.69, 9.17) is 0 Å². The number of alkyl halides is 1. The number of anilines is 1. The molecule has 20 heavy (non-hydrogen) atoms. The first-order valence-electron chi connectivity index (χ1n) is 6.83. The highest BCUT2D eigenvalue weighted by Crippen LogP contribution is 2.17. The Morgan fingerprint density at radius 2 is 2.00 bits per heavy atom. The molecule has 0 saturated heterocycles. The van der Waals surface area contributed by atoms with E-state index in [2.05, 4.69) is 26.6 Å². The first-order chi connectivity index (χ1) is 9.58. The molecule has 0 bridgehead atoms. The number of rotatable bonds is 7. The maximum atomic E-state index is 11.8. The zero-order valence-electron chi connectivity index (χ0n) is 12.0. The van der Waals surface area contributed by atoms with Crippen molar-refractivity contribution in [1.82, 2.24) is 5.32 Å². The Morgan fingerprint density at radius 1 is 1.25 bits per heavy atom. The topological polar surface area (TPSA) is 58.2 Å². The Hall–Kier alpha value is -1.36. The molecule has 0 aliphatic carbocycles. The highest BCUT2D eigenvalue weighted by Gasteiger charge is 2.08. The minimum absolute atomic E-state index is 0.0137. The van der Waals surface area contributed by atoms with Crippen LogP contribution in [0.15, 0.2) is 18.2 Å². The Balaban J connectivity index is 2.64. The minimum atomic E-state index is -0.0919. The van der Waals surface area contributed by atoms with Gasteiger partial charge in [-0.1, -0.05) is 15.9 Å². The van der Waals surface area contributed by atoms with Crippen LogP contribution in [-0.2, 0) is 4.79 Å². The van der Waals surface area contributed by atoms with Crippen LogP contribution < -0.4 is 10.6 Å². The van der Waals surface area contributed by atoms with Crippen LogP contribution in [0.2, 0.25) is 0 Å². The molecule has 0 aromatic heterocycles. The molecular weight excluding hydrogens is 320 g/mol. The fraction of sp³-hybridized carbons (Fsp3) is 0.467. The summed E-state index contributed by atoms with van der Waals surface area (Å²) in [5.41, 5.74) is 2.27. The molecule has 1 aromatic rings. The van der Waals surface area contributed by atoms with Gasteiger partial charge in [-0.2, -0.15) is 0 Å². The van der Waals surface area contributed by atoms with Crippen molar-refractivity contribution >= 4 is 33.4 Å². The minimum Gasteiger partial charge on any atom is -0.352 e. The summed E-state index contributed by atoms with van der Waals surface area (Å²) in [6.45, 7) is 4.37. The molecule has 1 rings (SSSR count). The summed E-state index contributed by atoms with van der Waals surface area (Å²) in [7, 11) is 0. The molecule has 0 radical (unpaired) electrons. The predicted molar refractivity (Wildman–Crippen MR) is 85.5 cm³/mol. The molecule has 2 N–H and O–H groups in total. The fourth-order valence-corrected chi connectivity index (χ4v) is 2.20. The van der Waals surface area contributed by atoms with Crippen molar-refractivity contribution < 1.29 is 9.59 Å². The number of nitrogens with one attached hydrogen (secondary N) is 2. The lowest BCUT2D eigenvalue weighted by Crippen LogP contribution is -2.22. The smallest absolute Gasteiger partial charge is 0.251 e. The van der Waals surface area contributed by atoms with Crippen LogP contribution in [0.4, 0.5) is 5.69 Å². The maximum Gasteiger partial charge on any atom is 0.251 e. The second-order valence-corrected chi connectivity index (χ2v) is 5.38. The van der Waals surface area contributed by atoms with E-state index in [0.29, 0.717) is 18.5 Å². The molecule has 0 unspecified atom stereocenters. The molecule has 2 amide bonds. The van der Waals surface area contributed by atoms with Gasteiger partial charge in [0.2, 0.25) is 5.91 Å². The summed E-state index contributed by atoms with van der Waals surface area (Å²) in [6.07, 6.45) is 2.37. The van der Waals surface area contributed by atoms with Gasteiger partial charge in [-0.05, 0) is 50.5 Å². The van der Waals surface area contributed by atoms with Gasteiger partial charge < -0.3 is 10.6 Å². The summed E-state index contributed by atoms with van der Waals surface area (Å²) in [6, 6.07) is 5.30. The molecule has 1 aromatic carbocycles. The first-order valence-corrected chi connectivity index (χ1v) is 7.95. The van der Waals surface area contributed by atoms with E-state index < -0.39 is 0 Å². The van der Waals surface area contributed by atoms with Gasteiger partial charge in [0.15, 0.2) is 0 Å². The molecule has 0 heterocycles. The number of benzene rings is 1. The fourth-order valence-electron chi connectivity index (χ4n) is 1.80. The molecule has 0 aliphatic heterocycles. The van der Waals surface area contributed by atoms with Crippen LogP contribution in [0, 0.1) is 6.92 Å². The van der Waals surface area contributed by atoms with Crippen molar-refractivity contribution in [2.24, 2.45) is 0 Å². The third-order valence-electron chi connectivity index (χ3n) is 2.89. The van der Waals surface area contributed by atoms with Gasteiger partial charge in [-0.15, -0.1) is 0 Å². The van der Waals surface area contributed by atoms with Crippen molar-refractivity contribution in [2.75, 3.05) is 17.2 Å². The number of hydrogen-bond acceptors (Lipinski definition) is 2. The normalized spacial score (nSPS) is 10.2. The zero-order valence-corrected chi connectivity index (χ0v) is 13.5. The average molecular weight is 341 g/mol. The highest BCUT2D eigenvalue weighted by atomic mass is 79.9. The van der Waals surface area contributed by atoms with Crippen LogP contribution in [0.25, 0.3) is 0 Å². The van der Waals surface area contributed by atoms with Gasteiger partial charge in [-0.25, -0.2) is 0 Å². The lowest BCUT2D eigenvalue weighted by atomic mass is 10.1. The van der Waals surface area contributed by atoms with Gasteiger partial charge in [0, 0.05) is 29.5 Å². The van der Waals surface area contributed by atoms with Crippen LogP contribution in [0.1, 0.15) is 42.1 Å². The summed E-state index contributed by atoms with van der Waals surface area (Å²) >= 11 is 3.34. The van der Waals surface area contributed by atoms with Crippen molar-refractivity contribution in [3.8, 4) is 0 Å². The standard InChI is InChI=1S/C15H21BrN2O2/c1-3-17-15(20)12-7-8-13(11(2)10-12)18-14(19)6-4-5-9-16/h7-8,10H,3-6,9H2,1-2H3,(H,17,20)(H,18,19). The molecule has 0 fully saturated rings. The Morgan fingerprint density at radius 3 is 2.60 bits per heavy atom. The Labute approximate surface area is 128 Å². The van der Waals surface area contributed by atoms with Crippen molar-refractivity contribution in [3.05, 3.63) is 29.3 Å². The third kappa shape index (κ3) is 5.33. The van der Waals surface area contributed by atoms with E-state index in [1.807, 2.05) is 13.8 Å². The van der Waals surface area contributed by atoms with Crippen LogP contribution in [0.3, 0.4) is 0 Å². The number of carbonyl (C=O) groups excluding carboxylic acids is 2. The molecule has 0 spiro atoms. The maximum absolute atomic E-state index is 11.8. The predicted octanol–water partition coefficient (Wildman–Crippen LogP) is 3.25. The number of unbranched alkanes of at least 4 members (excludes halogenated alkanes) is 1. The molecule has 0 atom stereocenters. The summed E-state index contributed by atoms with van der Waals surface area (Å²) in [4.78, 5) is 23.5. The number of amides is 2. The number of halogens is 1. The third-order valence-corrected chi connectivity index (χ3v) is 3.45. The quantitative estimate of drug-likeness (QED) is 0.591. The van der Waals surface area contributed by atoms with Crippen LogP contribution in [0.5, 0.6) is 0 Å². The lowest BCUT2D eigenvalue weighted by Gasteiger charge is -2.10. The van der Waals surface area contributed by atoms with Gasteiger partial charge >= 0.3 is 0 Å². The van der Waals surface area contributed by atoms with Gasteiger partial charge in [-0.3, -0.25) is 9.59 Å². The SMILES string of the molecule is CCNC(=O)c1ccc(NC(=O)CCCCBr)c(C)c1. The number of aryl methyl sites for hydroxylation is 1. The lowest BCUT2D eigenvalue weighted by molar-refractivity contribution is -0.116. The largest absolute Gasteiger partial charge is 0.352 e. The van der Waals surface area contributed by atoms with Gasteiger partial charge in [0.25, 0.3) is 5.91 Å². The van der Waals surface area contributed by atoms with E-state index >= 15 is 0 Å². The Bertz CT molecular complexity index is 475. The Kier molecular flexibility index (Phi) is 7.30. The summed E-state index contributed by atoms with van der Waals surface area (Å²) in [5, 5.41) is 6.55. The van der Waals surface area contributed by atoms with E-state index in [0.717, 1.165) is 29.4 Å². The van der Waals surface area contributed by atoms with Crippen LogP contribution >= 0.6 is 15.9 Å². The molecule has 5 heteroatoms. The van der Waals surface area contributed by atoms with Crippen molar-refractivity contribution in [3.63, 3.8) is 0 Å². The van der Waals surface area contributed by atoms with Gasteiger partial charge in [0.1, 0.15) is 0 Å². The average Bonchev–Trinajstić information content (AvgIpc) is 2.41. The second kappa shape index (κ2) is 8.74. The van der Waals surface area contributed by atoms with Crippen molar-refractivity contribution in [1.29, 1.82) is 0 Å². The molecule has 0 aliphatic rings. The zero-order chi connectivity index (χ0) is 15.0. The second-order valence-electron chi connectivity index (χ2n) is 4.58. The molecule has 4 nitrogen and oxygen atoms in total. The monoisotopic (exact) mass is 340 g/mol. The first kappa shape index (κ1) is 16.7. The van der Waals surface area contributed by atoms with E-state index in [1.54, 1.807) is 18.2 Å². The van der Waals surface area contributed by atoms with Crippen molar-refractivity contribution in [2.45, 2.75) is 33.1 Å². The van der Waals surface area contributed by atoms with Crippen LogP contribution in [-0.4, -0.2) is 23.7 Å².